The normalized spacial score (nSPS) is 20.1. The van der Waals surface area contributed by atoms with Gasteiger partial charge in [-0.1, -0.05) is 192 Å². The molecule has 12 nitrogen and oxygen atoms in total. The Morgan fingerprint density at radius 3 is 1.53 bits per heavy atom. The zero-order chi connectivity index (χ0) is 45.4. The van der Waals surface area contributed by atoms with Crippen LogP contribution in [0.25, 0.3) is 0 Å². The van der Waals surface area contributed by atoms with E-state index in [1.165, 1.54) is 148 Å². The Morgan fingerprint density at radius 2 is 1.06 bits per heavy atom. The van der Waals surface area contributed by atoms with Crippen LogP contribution in [0.1, 0.15) is 219 Å². The third-order valence-electron chi connectivity index (χ3n) is 11.6. The van der Waals surface area contributed by atoms with Crippen LogP contribution in [0.5, 0.6) is 0 Å². The number of allylic oxidation sites excluding steroid dienone is 4. The average Bonchev–Trinajstić information content (AvgIpc) is 3.24. The number of carbonyl (C=O) groups is 1. The number of ether oxygens (including phenoxy) is 4. The Labute approximate surface area is 378 Å². The summed E-state index contributed by atoms with van der Waals surface area (Å²) in [5.41, 5.74) is 0. The number of carbonyl (C=O) groups excluding carboxylic acids is 1. The summed E-state index contributed by atoms with van der Waals surface area (Å²) >= 11 is 0. The molecule has 6 unspecified atom stereocenters. The summed E-state index contributed by atoms with van der Waals surface area (Å²) in [7, 11) is -5.06. The minimum absolute atomic E-state index is 0.0380. The predicted octanol–water partition coefficient (Wildman–Crippen LogP) is 11.2. The van der Waals surface area contributed by atoms with Gasteiger partial charge in [0.2, 0.25) is 0 Å². The van der Waals surface area contributed by atoms with Gasteiger partial charge >= 0.3 is 16.4 Å². The van der Waals surface area contributed by atoms with Gasteiger partial charge in [0.1, 0.15) is 30.5 Å². The SMILES string of the molecule is CCCCCCC/C=C\C/C=C\CCCCCCCCCCCCOCC(COC1OC(CO)C(O)C(OS(=O)(=O)O)C1O)OC(=O)CCCCCCCCCCCCCCC. The quantitative estimate of drug-likeness (QED) is 0.0197. The van der Waals surface area contributed by atoms with E-state index < -0.39 is 59.8 Å². The monoisotopic (exact) mass is 905 g/mol. The molecule has 0 aromatic rings. The highest BCUT2D eigenvalue weighted by molar-refractivity contribution is 7.80. The van der Waals surface area contributed by atoms with Crippen molar-refractivity contribution >= 4 is 16.4 Å². The van der Waals surface area contributed by atoms with Gasteiger partial charge in [0.15, 0.2) is 6.29 Å². The smallest absolute Gasteiger partial charge is 0.397 e. The van der Waals surface area contributed by atoms with Crippen LogP contribution in [0.2, 0.25) is 0 Å². The third-order valence-corrected chi connectivity index (χ3v) is 12.0. The van der Waals surface area contributed by atoms with E-state index >= 15 is 0 Å². The molecule has 13 heteroatoms. The molecule has 6 atom stereocenters. The zero-order valence-electron chi connectivity index (χ0n) is 39.2. The third kappa shape index (κ3) is 34.0. The summed E-state index contributed by atoms with van der Waals surface area (Å²) in [6.45, 7) is 4.00. The minimum atomic E-state index is -5.06. The Bertz CT molecular complexity index is 1180. The molecule has 0 radical (unpaired) electrons. The maximum atomic E-state index is 12.9. The van der Waals surface area contributed by atoms with Crippen molar-refractivity contribution < 1.29 is 56.2 Å². The highest BCUT2D eigenvalue weighted by Gasteiger charge is 2.48. The second-order valence-electron chi connectivity index (χ2n) is 17.4. The van der Waals surface area contributed by atoms with Gasteiger partial charge in [-0.25, -0.2) is 4.18 Å². The second-order valence-corrected chi connectivity index (χ2v) is 18.5. The second kappa shape index (κ2) is 41.0. The molecule has 1 heterocycles. The molecule has 0 spiro atoms. The number of aliphatic hydroxyl groups is 3. The van der Waals surface area contributed by atoms with Crippen LogP contribution in [0.15, 0.2) is 24.3 Å². The van der Waals surface area contributed by atoms with Gasteiger partial charge in [-0.15, -0.1) is 0 Å². The minimum Gasteiger partial charge on any atom is -0.457 e. The number of hydrogen-bond donors (Lipinski definition) is 4. The molecule has 1 aliphatic rings. The van der Waals surface area contributed by atoms with Crippen molar-refractivity contribution in [3.05, 3.63) is 24.3 Å². The molecule has 4 N–H and O–H groups in total. The van der Waals surface area contributed by atoms with E-state index in [2.05, 4.69) is 42.3 Å². The van der Waals surface area contributed by atoms with Gasteiger partial charge in [-0.3, -0.25) is 9.35 Å². The molecular formula is C49H92O12S. The van der Waals surface area contributed by atoms with Gasteiger partial charge in [0.05, 0.1) is 19.8 Å². The number of esters is 1. The van der Waals surface area contributed by atoms with Crippen LogP contribution < -0.4 is 0 Å². The fourth-order valence-corrected chi connectivity index (χ4v) is 8.27. The summed E-state index contributed by atoms with van der Waals surface area (Å²) in [4.78, 5) is 12.9. The molecule has 0 aliphatic carbocycles. The summed E-state index contributed by atoms with van der Waals surface area (Å²) < 4.78 is 59.2. The summed E-state index contributed by atoms with van der Waals surface area (Å²) in [6, 6.07) is 0. The van der Waals surface area contributed by atoms with E-state index in [0.29, 0.717) is 13.0 Å². The topological polar surface area (TPSA) is 178 Å². The van der Waals surface area contributed by atoms with E-state index in [4.69, 9.17) is 18.9 Å². The first kappa shape index (κ1) is 58.6. The molecule has 0 amide bonds. The van der Waals surface area contributed by atoms with Crippen LogP contribution >= 0.6 is 0 Å². The molecule has 1 saturated heterocycles. The van der Waals surface area contributed by atoms with Crippen molar-refractivity contribution in [2.24, 2.45) is 0 Å². The van der Waals surface area contributed by atoms with Gasteiger partial charge in [-0.2, -0.15) is 8.42 Å². The molecule has 1 rings (SSSR count). The highest BCUT2D eigenvalue weighted by atomic mass is 32.3. The first-order valence-electron chi connectivity index (χ1n) is 25.1. The number of rotatable bonds is 44. The number of hydrogen-bond acceptors (Lipinski definition) is 11. The molecule has 1 fully saturated rings. The number of aliphatic hydroxyl groups excluding tert-OH is 3. The zero-order valence-corrected chi connectivity index (χ0v) is 40.0. The van der Waals surface area contributed by atoms with Gasteiger partial charge < -0.3 is 34.3 Å². The lowest BCUT2D eigenvalue weighted by Crippen LogP contribution is -2.60. The molecule has 0 aromatic carbocycles. The molecule has 0 saturated carbocycles. The van der Waals surface area contributed by atoms with Crippen LogP contribution in [0.4, 0.5) is 0 Å². The fourth-order valence-electron chi connectivity index (χ4n) is 7.76. The Hall–Kier alpha value is -1.42. The standard InChI is InChI=1S/C49H92O12S/c1-3-5-7-9-11-13-15-17-18-19-20-21-22-23-24-25-27-29-31-33-35-37-39-57-41-43(42-58-49-47(53)48(61-62(54,55)56)46(52)44(40-50)60-49)59-45(51)38-36-34-32-30-28-26-16-14-12-10-8-6-4-2/h15,17,19-20,43-44,46-50,52-53H,3-14,16,18,21-42H2,1-2H3,(H,54,55,56)/b17-15-,20-19-. The van der Waals surface area contributed by atoms with Gasteiger partial charge in [0.25, 0.3) is 0 Å². The van der Waals surface area contributed by atoms with E-state index in [1.807, 2.05) is 0 Å². The molecule has 0 aromatic heterocycles. The van der Waals surface area contributed by atoms with Crippen LogP contribution in [0.3, 0.4) is 0 Å². The van der Waals surface area contributed by atoms with Crippen molar-refractivity contribution in [1.29, 1.82) is 0 Å². The Balaban J connectivity index is 2.34. The fraction of sp³-hybridized carbons (Fsp3) is 0.898. The molecule has 1 aliphatic heterocycles. The molecule has 62 heavy (non-hydrogen) atoms. The maximum absolute atomic E-state index is 12.9. The van der Waals surface area contributed by atoms with E-state index in [-0.39, 0.29) is 19.6 Å². The van der Waals surface area contributed by atoms with Crippen molar-refractivity contribution in [3.63, 3.8) is 0 Å². The average molecular weight is 905 g/mol. The van der Waals surface area contributed by atoms with Crippen molar-refractivity contribution in [2.45, 2.75) is 256 Å². The summed E-state index contributed by atoms with van der Waals surface area (Å²) in [5, 5.41) is 30.7. The maximum Gasteiger partial charge on any atom is 0.397 e. The van der Waals surface area contributed by atoms with Gasteiger partial charge in [-0.05, 0) is 44.9 Å². The molecule has 366 valence electrons. The van der Waals surface area contributed by atoms with Crippen LogP contribution in [-0.4, -0.2) is 97.5 Å². The highest BCUT2D eigenvalue weighted by Crippen LogP contribution is 2.26. The Kier molecular flexibility index (Phi) is 38.8. The summed E-state index contributed by atoms with van der Waals surface area (Å²) in [5.74, 6) is -0.398. The largest absolute Gasteiger partial charge is 0.457 e. The van der Waals surface area contributed by atoms with Crippen molar-refractivity contribution in [1.82, 2.24) is 0 Å². The van der Waals surface area contributed by atoms with Crippen LogP contribution in [0, 0.1) is 0 Å². The predicted molar refractivity (Wildman–Crippen MR) is 248 cm³/mol. The van der Waals surface area contributed by atoms with Gasteiger partial charge in [0, 0.05) is 13.0 Å². The lowest BCUT2D eigenvalue weighted by atomic mass is 9.99. The first-order valence-corrected chi connectivity index (χ1v) is 26.5. The van der Waals surface area contributed by atoms with Crippen LogP contribution in [-0.2, 0) is 38.3 Å². The Morgan fingerprint density at radius 1 is 0.613 bits per heavy atom. The van der Waals surface area contributed by atoms with Crippen molar-refractivity contribution in [3.8, 4) is 0 Å². The number of unbranched alkanes of at least 4 members (excludes halogenated alkanes) is 27. The van der Waals surface area contributed by atoms with E-state index in [9.17, 15) is 33.1 Å². The summed E-state index contributed by atoms with van der Waals surface area (Å²) in [6.07, 6.45) is 37.8. The van der Waals surface area contributed by atoms with Crippen molar-refractivity contribution in [2.75, 3.05) is 26.4 Å². The first-order chi connectivity index (χ1) is 30.1. The lowest BCUT2D eigenvalue weighted by molar-refractivity contribution is -0.301. The molecular weight excluding hydrogens is 813 g/mol. The lowest BCUT2D eigenvalue weighted by Gasteiger charge is -2.41. The molecule has 0 bridgehead atoms. The van der Waals surface area contributed by atoms with E-state index in [0.717, 1.165) is 44.9 Å². The van der Waals surface area contributed by atoms with E-state index in [1.54, 1.807) is 0 Å².